The van der Waals surface area contributed by atoms with Crippen LogP contribution in [-0.4, -0.2) is 29.6 Å². The number of rotatable bonds is 13. The summed E-state index contributed by atoms with van der Waals surface area (Å²) in [6.45, 7) is 2.12. The lowest BCUT2D eigenvalue weighted by Gasteiger charge is -2.08. The van der Waals surface area contributed by atoms with E-state index < -0.39 is 12.0 Å². The van der Waals surface area contributed by atoms with Gasteiger partial charge in [-0.05, 0) is 6.42 Å². The van der Waals surface area contributed by atoms with Crippen molar-refractivity contribution in [1.82, 2.24) is 5.32 Å². The summed E-state index contributed by atoms with van der Waals surface area (Å²) in [5.41, 5.74) is 4.88. The smallest absolute Gasteiger partial charge is 0.248 e. The highest BCUT2D eigenvalue weighted by Crippen LogP contribution is 2.10. The van der Waals surface area contributed by atoms with Gasteiger partial charge < -0.3 is 16.2 Å². The van der Waals surface area contributed by atoms with Gasteiger partial charge in [0.25, 0.3) is 0 Å². The Bertz CT molecular complexity index is 270. The molecule has 20 heavy (non-hydrogen) atoms. The summed E-state index contributed by atoms with van der Waals surface area (Å²) in [7, 11) is 0. The fraction of sp³-hybridized carbons (Fsp3) is 0.867. The SMILES string of the molecule is CCCCCCCCCCCC(=O)NCC(O)C(N)=O. The highest BCUT2D eigenvalue weighted by atomic mass is 16.3. The number of nitrogens with one attached hydrogen (secondary N) is 1. The third kappa shape index (κ3) is 12.0. The van der Waals surface area contributed by atoms with Crippen LogP contribution < -0.4 is 11.1 Å². The average molecular weight is 286 g/mol. The lowest BCUT2D eigenvalue weighted by Crippen LogP contribution is -2.39. The topological polar surface area (TPSA) is 92.4 Å². The number of amides is 2. The van der Waals surface area contributed by atoms with Gasteiger partial charge in [-0.3, -0.25) is 9.59 Å². The molecule has 0 heterocycles. The van der Waals surface area contributed by atoms with Gasteiger partial charge in [-0.2, -0.15) is 0 Å². The highest BCUT2D eigenvalue weighted by molar-refractivity contribution is 5.80. The van der Waals surface area contributed by atoms with Crippen molar-refractivity contribution in [3.63, 3.8) is 0 Å². The first-order valence-corrected chi connectivity index (χ1v) is 7.82. The van der Waals surface area contributed by atoms with E-state index >= 15 is 0 Å². The number of aliphatic hydroxyl groups excluding tert-OH is 1. The minimum absolute atomic E-state index is 0.0917. The highest BCUT2D eigenvalue weighted by Gasteiger charge is 2.11. The van der Waals surface area contributed by atoms with Crippen LogP contribution in [0, 0.1) is 0 Å². The van der Waals surface area contributed by atoms with Crippen LogP contribution in [0.15, 0.2) is 0 Å². The number of carbonyl (C=O) groups excluding carboxylic acids is 2. The van der Waals surface area contributed by atoms with Crippen molar-refractivity contribution < 1.29 is 14.7 Å². The number of carbonyl (C=O) groups is 2. The third-order valence-corrected chi connectivity index (χ3v) is 3.33. The van der Waals surface area contributed by atoms with Crippen molar-refractivity contribution in [3.05, 3.63) is 0 Å². The van der Waals surface area contributed by atoms with E-state index in [9.17, 15) is 9.59 Å². The van der Waals surface area contributed by atoms with Crippen molar-refractivity contribution >= 4 is 11.8 Å². The molecule has 2 amide bonds. The molecule has 5 nitrogen and oxygen atoms in total. The molecule has 0 aromatic heterocycles. The Hall–Kier alpha value is -1.10. The van der Waals surface area contributed by atoms with Crippen LogP contribution in [0.3, 0.4) is 0 Å². The Morgan fingerprint density at radius 2 is 1.50 bits per heavy atom. The largest absolute Gasteiger partial charge is 0.381 e. The van der Waals surface area contributed by atoms with E-state index in [1.807, 2.05) is 0 Å². The molecule has 0 aromatic rings. The Morgan fingerprint density at radius 3 is 2.00 bits per heavy atom. The van der Waals surface area contributed by atoms with Crippen LogP contribution in [0.25, 0.3) is 0 Å². The molecule has 4 N–H and O–H groups in total. The van der Waals surface area contributed by atoms with Gasteiger partial charge in [0.05, 0.1) is 6.54 Å². The van der Waals surface area contributed by atoms with Crippen LogP contribution in [-0.2, 0) is 9.59 Å². The zero-order valence-corrected chi connectivity index (χ0v) is 12.7. The molecule has 5 heteroatoms. The Labute approximate surface area is 122 Å². The molecule has 0 radical (unpaired) electrons. The predicted octanol–water partition coefficient (Wildman–Crippen LogP) is 1.87. The average Bonchev–Trinajstić information content (AvgIpc) is 2.42. The number of primary amides is 1. The fourth-order valence-electron chi connectivity index (χ4n) is 2.00. The molecular formula is C15H30N2O3. The van der Waals surface area contributed by atoms with Gasteiger partial charge in [-0.15, -0.1) is 0 Å². The normalized spacial score (nSPS) is 12.1. The monoisotopic (exact) mass is 286 g/mol. The van der Waals surface area contributed by atoms with Crippen LogP contribution in [0.5, 0.6) is 0 Å². The summed E-state index contributed by atoms with van der Waals surface area (Å²) in [4.78, 5) is 22.0. The summed E-state index contributed by atoms with van der Waals surface area (Å²) in [6.07, 6.45) is 10.0. The Kier molecular flexibility index (Phi) is 12.2. The molecule has 0 aliphatic heterocycles. The molecule has 0 spiro atoms. The number of hydrogen-bond acceptors (Lipinski definition) is 3. The van der Waals surface area contributed by atoms with Gasteiger partial charge in [0.15, 0.2) is 0 Å². The summed E-state index contributed by atoms with van der Waals surface area (Å²) in [6, 6.07) is 0. The lowest BCUT2D eigenvalue weighted by atomic mass is 10.1. The zero-order chi connectivity index (χ0) is 15.2. The molecule has 118 valence electrons. The van der Waals surface area contributed by atoms with Crippen molar-refractivity contribution in [2.75, 3.05) is 6.54 Å². The second-order valence-electron chi connectivity index (χ2n) is 5.30. The second kappa shape index (κ2) is 12.9. The molecule has 0 fully saturated rings. The summed E-state index contributed by atoms with van der Waals surface area (Å²) >= 11 is 0. The van der Waals surface area contributed by atoms with E-state index in [0.29, 0.717) is 6.42 Å². The first kappa shape index (κ1) is 18.9. The molecular weight excluding hydrogens is 256 g/mol. The van der Waals surface area contributed by atoms with Crippen molar-refractivity contribution in [2.24, 2.45) is 5.73 Å². The Balaban J connectivity index is 3.29. The van der Waals surface area contributed by atoms with E-state index in [0.717, 1.165) is 12.8 Å². The summed E-state index contributed by atoms with van der Waals surface area (Å²) in [5, 5.41) is 11.6. The van der Waals surface area contributed by atoms with Crippen LogP contribution in [0.4, 0.5) is 0 Å². The predicted molar refractivity (Wildman–Crippen MR) is 80.1 cm³/mol. The quantitative estimate of drug-likeness (QED) is 0.451. The Morgan fingerprint density at radius 1 is 1.00 bits per heavy atom. The molecule has 0 bridgehead atoms. The number of hydrogen-bond donors (Lipinski definition) is 3. The first-order chi connectivity index (χ1) is 9.57. The molecule has 1 atom stereocenters. The molecule has 0 aromatic carbocycles. The van der Waals surface area contributed by atoms with E-state index in [-0.39, 0.29) is 12.5 Å². The molecule has 0 rings (SSSR count). The fourth-order valence-corrected chi connectivity index (χ4v) is 2.00. The van der Waals surface area contributed by atoms with E-state index in [2.05, 4.69) is 12.2 Å². The zero-order valence-electron chi connectivity index (χ0n) is 12.7. The standard InChI is InChI=1S/C15H30N2O3/c1-2-3-4-5-6-7-8-9-10-11-14(19)17-12-13(18)15(16)20/h13,18H,2-12H2,1H3,(H2,16,20)(H,17,19). The number of unbranched alkanes of at least 4 members (excludes halogenated alkanes) is 8. The van der Waals surface area contributed by atoms with Gasteiger partial charge in [-0.1, -0.05) is 58.3 Å². The van der Waals surface area contributed by atoms with Gasteiger partial charge >= 0.3 is 0 Å². The van der Waals surface area contributed by atoms with Crippen molar-refractivity contribution in [1.29, 1.82) is 0 Å². The van der Waals surface area contributed by atoms with Gasteiger partial charge in [-0.25, -0.2) is 0 Å². The molecule has 0 aliphatic carbocycles. The van der Waals surface area contributed by atoms with Crippen LogP contribution in [0.2, 0.25) is 0 Å². The van der Waals surface area contributed by atoms with Gasteiger partial charge in [0.1, 0.15) is 6.10 Å². The molecule has 0 aliphatic rings. The maximum absolute atomic E-state index is 11.4. The first-order valence-electron chi connectivity index (χ1n) is 7.82. The van der Waals surface area contributed by atoms with Gasteiger partial charge in [0, 0.05) is 6.42 Å². The summed E-state index contributed by atoms with van der Waals surface area (Å²) < 4.78 is 0. The summed E-state index contributed by atoms with van der Waals surface area (Å²) in [5.74, 6) is -0.943. The number of aliphatic hydroxyl groups is 1. The molecule has 0 saturated carbocycles. The van der Waals surface area contributed by atoms with E-state index in [1.54, 1.807) is 0 Å². The third-order valence-electron chi connectivity index (χ3n) is 3.33. The molecule has 0 saturated heterocycles. The van der Waals surface area contributed by atoms with E-state index in [4.69, 9.17) is 10.8 Å². The molecule has 1 unspecified atom stereocenters. The van der Waals surface area contributed by atoms with Crippen LogP contribution >= 0.6 is 0 Å². The van der Waals surface area contributed by atoms with Crippen molar-refractivity contribution in [3.8, 4) is 0 Å². The van der Waals surface area contributed by atoms with Crippen molar-refractivity contribution in [2.45, 2.75) is 77.2 Å². The van der Waals surface area contributed by atoms with Crippen LogP contribution in [0.1, 0.15) is 71.1 Å². The maximum atomic E-state index is 11.4. The second-order valence-corrected chi connectivity index (χ2v) is 5.30. The number of nitrogens with two attached hydrogens (primary N) is 1. The minimum Gasteiger partial charge on any atom is -0.381 e. The van der Waals surface area contributed by atoms with Gasteiger partial charge in [0.2, 0.25) is 11.8 Å². The lowest BCUT2D eigenvalue weighted by molar-refractivity contribution is -0.127. The maximum Gasteiger partial charge on any atom is 0.248 e. The minimum atomic E-state index is -1.29. The van der Waals surface area contributed by atoms with E-state index in [1.165, 1.54) is 44.9 Å².